The first kappa shape index (κ1) is 14.1. The Morgan fingerprint density at radius 1 is 1.14 bits per heavy atom. The van der Waals surface area contributed by atoms with Gasteiger partial charge in [-0.25, -0.2) is 0 Å². The largest absolute Gasteiger partial charge is 0.508 e. The molecule has 4 fully saturated rings. The standard InChI is InChI=1S/C19H24O3/c1-11(18(21)22)15-2-3-17(20)16(7-15)19-8-12-4-13(9-19)6-14(5-12)10-19/h2-3,7,11-14,20H,4-6,8-10H2,1H3,(H,21,22). The third-order valence-corrected chi connectivity index (χ3v) is 6.50. The lowest BCUT2D eigenvalue weighted by Gasteiger charge is -2.57. The van der Waals surface area contributed by atoms with Gasteiger partial charge < -0.3 is 10.2 Å². The van der Waals surface area contributed by atoms with Gasteiger partial charge in [-0.2, -0.15) is 0 Å². The van der Waals surface area contributed by atoms with Crippen molar-refractivity contribution in [3.8, 4) is 5.75 Å². The zero-order valence-electron chi connectivity index (χ0n) is 13.1. The van der Waals surface area contributed by atoms with E-state index in [1.807, 2.05) is 6.07 Å². The normalized spacial score (nSPS) is 37.2. The van der Waals surface area contributed by atoms with Gasteiger partial charge >= 0.3 is 5.97 Å². The number of benzene rings is 1. The van der Waals surface area contributed by atoms with Crippen LogP contribution in [-0.4, -0.2) is 16.2 Å². The van der Waals surface area contributed by atoms with E-state index in [0.29, 0.717) is 5.75 Å². The molecule has 4 aliphatic carbocycles. The predicted octanol–water partition coefficient (Wildman–Crippen LogP) is 4.05. The predicted molar refractivity (Wildman–Crippen MR) is 84.0 cm³/mol. The third-order valence-electron chi connectivity index (χ3n) is 6.50. The summed E-state index contributed by atoms with van der Waals surface area (Å²) < 4.78 is 0. The van der Waals surface area contributed by atoms with Crippen molar-refractivity contribution in [2.75, 3.05) is 0 Å². The summed E-state index contributed by atoms with van der Waals surface area (Å²) in [5.74, 6) is 1.47. The van der Waals surface area contributed by atoms with E-state index in [-0.39, 0.29) is 5.41 Å². The topological polar surface area (TPSA) is 57.5 Å². The molecule has 0 heterocycles. The van der Waals surface area contributed by atoms with E-state index in [2.05, 4.69) is 0 Å². The first-order chi connectivity index (χ1) is 10.5. The van der Waals surface area contributed by atoms with Gasteiger partial charge in [0, 0.05) is 5.56 Å². The minimum Gasteiger partial charge on any atom is -0.508 e. The molecule has 5 rings (SSSR count). The van der Waals surface area contributed by atoms with Crippen molar-refractivity contribution >= 4 is 5.97 Å². The number of carboxylic acids is 1. The van der Waals surface area contributed by atoms with Crippen molar-refractivity contribution in [2.45, 2.75) is 56.8 Å². The lowest BCUT2D eigenvalue weighted by atomic mass is 9.48. The maximum atomic E-state index is 11.3. The first-order valence-corrected chi connectivity index (χ1v) is 8.53. The molecule has 1 atom stereocenters. The zero-order chi connectivity index (χ0) is 15.5. The molecule has 3 heteroatoms. The fraction of sp³-hybridized carbons (Fsp3) is 0.632. The number of phenolic OH excluding ortho intramolecular Hbond substituents is 1. The summed E-state index contributed by atoms with van der Waals surface area (Å²) in [5, 5.41) is 19.7. The fourth-order valence-electron chi connectivity index (χ4n) is 5.83. The minimum atomic E-state index is -0.804. The van der Waals surface area contributed by atoms with Crippen molar-refractivity contribution < 1.29 is 15.0 Å². The number of hydrogen-bond donors (Lipinski definition) is 2. The molecule has 0 aromatic heterocycles. The summed E-state index contributed by atoms with van der Waals surface area (Å²) in [7, 11) is 0. The Hall–Kier alpha value is -1.51. The van der Waals surface area contributed by atoms with Crippen molar-refractivity contribution in [1.29, 1.82) is 0 Å². The van der Waals surface area contributed by atoms with Crippen LogP contribution in [0, 0.1) is 17.8 Å². The van der Waals surface area contributed by atoms with Gasteiger partial charge in [0.05, 0.1) is 5.92 Å². The second-order valence-electron chi connectivity index (χ2n) is 8.03. The van der Waals surface area contributed by atoms with E-state index in [9.17, 15) is 15.0 Å². The summed E-state index contributed by atoms with van der Waals surface area (Å²) in [4.78, 5) is 11.3. The minimum absolute atomic E-state index is 0.104. The van der Waals surface area contributed by atoms with Gasteiger partial charge in [0.2, 0.25) is 0 Å². The molecule has 3 nitrogen and oxygen atoms in total. The maximum Gasteiger partial charge on any atom is 0.310 e. The van der Waals surface area contributed by atoms with Gasteiger partial charge in [-0.1, -0.05) is 12.1 Å². The molecule has 1 aromatic carbocycles. The molecule has 0 saturated heterocycles. The monoisotopic (exact) mass is 300 g/mol. The van der Waals surface area contributed by atoms with Crippen molar-refractivity contribution in [1.82, 2.24) is 0 Å². The molecule has 1 unspecified atom stereocenters. The molecule has 2 N–H and O–H groups in total. The van der Waals surface area contributed by atoms with Crippen LogP contribution in [0.5, 0.6) is 5.75 Å². The summed E-state index contributed by atoms with van der Waals surface area (Å²) in [6.07, 6.45) is 7.63. The van der Waals surface area contributed by atoms with Crippen molar-refractivity contribution in [3.05, 3.63) is 29.3 Å². The number of rotatable bonds is 3. The molecule has 0 spiro atoms. The lowest BCUT2D eigenvalue weighted by Crippen LogP contribution is -2.48. The maximum absolute atomic E-state index is 11.3. The van der Waals surface area contributed by atoms with Crippen LogP contribution in [0.25, 0.3) is 0 Å². The first-order valence-electron chi connectivity index (χ1n) is 8.53. The number of aromatic hydroxyl groups is 1. The van der Waals surface area contributed by atoms with Crippen LogP contribution < -0.4 is 0 Å². The number of carbonyl (C=O) groups is 1. The quantitative estimate of drug-likeness (QED) is 0.885. The average Bonchev–Trinajstić information content (AvgIpc) is 2.45. The number of hydrogen-bond acceptors (Lipinski definition) is 2. The Kier molecular flexibility index (Phi) is 3.04. The third kappa shape index (κ3) is 2.05. The second-order valence-corrected chi connectivity index (χ2v) is 8.03. The van der Waals surface area contributed by atoms with Crippen LogP contribution in [0.1, 0.15) is 62.5 Å². The van der Waals surface area contributed by atoms with Crippen LogP contribution in [0.15, 0.2) is 18.2 Å². The van der Waals surface area contributed by atoms with Gasteiger partial charge in [-0.3, -0.25) is 4.79 Å². The molecular weight excluding hydrogens is 276 g/mol. The van der Waals surface area contributed by atoms with Gasteiger partial charge in [0.1, 0.15) is 5.75 Å². The Bertz CT molecular complexity index is 584. The van der Waals surface area contributed by atoms with Crippen LogP contribution in [0.3, 0.4) is 0 Å². The van der Waals surface area contributed by atoms with Gasteiger partial charge in [-0.05, 0) is 80.2 Å². The number of carboxylic acid groups (broad SMARTS) is 1. The van der Waals surface area contributed by atoms with E-state index in [1.165, 1.54) is 38.5 Å². The highest BCUT2D eigenvalue weighted by atomic mass is 16.4. The molecule has 118 valence electrons. The van der Waals surface area contributed by atoms with Crippen LogP contribution in [-0.2, 0) is 10.2 Å². The molecule has 4 saturated carbocycles. The highest BCUT2D eigenvalue weighted by Gasteiger charge is 2.52. The molecule has 1 aromatic rings. The molecular formula is C19H24O3. The molecule has 4 aliphatic rings. The highest BCUT2D eigenvalue weighted by Crippen LogP contribution is 2.61. The molecule has 4 bridgehead atoms. The van der Waals surface area contributed by atoms with Crippen LogP contribution in [0.4, 0.5) is 0 Å². The number of phenols is 1. The molecule has 0 amide bonds. The van der Waals surface area contributed by atoms with E-state index in [0.717, 1.165) is 28.9 Å². The fourth-order valence-corrected chi connectivity index (χ4v) is 5.83. The second kappa shape index (κ2) is 4.74. The Morgan fingerprint density at radius 2 is 1.68 bits per heavy atom. The van der Waals surface area contributed by atoms with Gasteiger partial charge in [0.25, 0.3) is 0 Å². The number of aliphatic carboxylic acids is 1. The van der Waals surface area contributed by atoms with E-state index in [1.54, 1.807) is 19.1 Å². The summed E-state index contributed by atoms with van der Waals surface area (Å²) >= 11 is 0. The van der Waals surface area contributed by atoms with Crippen molar-refractivity contribution in [2.24, 2.45) is 17.8 Å². The highest BCUT2D eigenvalue weighted by molar-refractivity contribution is 5.75. The van der Waals surface area contributed by atoms with E-state index in [4.69, 9.17) is 0 Å². The van der Waals surface area contributed by atoms with E-state index >= 15 is 0 Å². The Balaban J connectivity index is 1.76. The van der Waals surface area contributed by atoms with E-state index < -0.39 is 11.9 Å². The molecule has 0 aliphatic heterocycles. The average molecular weight is 300 g/mol. The van der Waals surface area contributed by atoms with Gasteiger partial charge in [0.15, 0.2) is 0 Å². The SMILES string of the molecule is CC(C(=O)O)c1ccc(O)c(C23CC4CC(CC(C4)C2)C3)c1. The smallest absolute Gasteiger partial charge is 0.310 e. The van der Waals surface area contributed by atoms with Gasteiger partial charge in [-0.15, -0.1) is 0 Å². The summed E-state index contributed by atoms with van der Waals surface area (Å²) in [6, 6.07) is 5.46. The molecule has 22 heavy (non-hydrogen) atoms. The molecule has 0 radical (unpaired) electrons. The van der Waals surface area contributed by atoms with Crippen molar-refractivity contribution in [3.63, 3.8) is 0 Å². The summed E-state index contributed by atoms with van der Waals surface area (Å²) in [5.41, 5.74) is 1.95. The van der Waals surface area contributed by atoms with Crippen LogP contribution in [0.2, 0.25) is 0 Å². The Labute approximate surface area is 131 Å². The Morgan fingerprint density at radius 3 is 2.18 bits per heavy atom. The zero-order valence-corrected chi connectivity index (χ0v) is 13.1. The summed E-state index contributed by atoms with van der Waals surface area (Å²) in [6.45, 7) is 1.72. The lowest BCUT2D eigenvalue weighted by molar-refractivity contribution is -0.138. The van der Waals surface area contributed by atoms with Crippen LogP contribution >= 0.6 is 0 Å².